The molecule has 0 aliphatic heterocycles. The molecule has 0 fully saturated rings. The van der Waals surface area contributed by atoms with Crippen LogP contribution in [0.15, 0.2) is 0 Å². The summed E-state index contributed by atoms with van der Waals surface area (Å²) < 4.78 is 0. The number of thioether (sulfide) groups is 3. The van der Waals surface area contributed by atoms with E-state index in [4.69, 9.17) is 0 Å². The van der Waals surface area contributed by atoms with Crippen LogP contribution in [0.3, 0.4) is 0 Å². The van der Waals surface area contributed by atoms with Crippen molar-refractivity contribution in [3.05, 3.63) is 0 Å². The summed E-state index contributed by atoms with van der Waals surface area (Å²) in [5, 5.41) is 0. The van der Waals surface area contributed by atoms with Gasteiger partial charge in [0.1, 0.15) is 0 Å². The van der Waals surface area contributed by atoms with Crippen molar-refractivity contribution in [2.45, 2.75) is 13.3 Å². The van der Waals surface area contributed by atoms with E-state index in [0.717, 1.165) is 17.4 Å². The van der Waals surface area contributed by atoms with E-state index in [-0.39, 0.29) is 0 Å². The van der Waals surface area contributed by atoms with Gasteiger partial charge >= 0.3 is 0 Å². The van der Waals surface area contributed by atoms with Crippen LogP contribution in [-0.2, 0) is 0 Å². The maximum absolute atomic E-state index is 4.22. The van der Waals surface area contributed by atoms with Crippen molar-refractivity contribution < 1.29 is 0 Å². The highest BCUT2D eigenvalue weighted by Crippen LogP contribution is 2.16. The summed E-state index contributed by atoms with van der Waals surface area (Å²) >= 11 is 14.6. The maximum atomic E-state index is 4.22. The van der Waals surface area contributed by atoms with Gasteiger partial charge in [0.15, 0.2) is 0 Å². The molecule has 1 atom stereocenters. The maximum Gasteiger partial charge on any atom is 0.00211 e. The van der Waals surface area contributed by atoms with Crippen molar-refractivity contribution in [1.82, 2.24) is 0 Å². The average Bonchev–Trinajstić information content (AvgIpc) is 2.28. The molecular formula is C11H24S5. The van der Waals surface area contributed by atoms with E-state index in [9.17, 15) is 0 Å². The summed E-state index contributed by atoms with van der Waals surface area (Å²) in [6, 6.07) is 0. The molecule has 0 spiro atoms. The van der Waals surface area contributed by atoms with Crippen LogP contribution in [-0.4, -0.2) is 46.0 Å². The first kappa shape index (κ1) is 17.8. The summed E-state index contributed by atoms with van der Waals surface area (Å²) in [5.74, 6) is 10.5. The number of hydrogen-bond donors (Lipinski definition) is 2. The van der Waals surface area contributed by atoms with Gasteiger partial charge < -0.3 is 0 Å². The monoisotopic (exact) mass is 316 g/mol. The first-order chi connectivity index (χ1) is 7.81. The minimum absolute atomic E-state index is 0.847. The zero-order chi connectivity index (χ0) is 12.1. The summed E-state index contributed by atoms with van der Waals surface area (Å²) in [4.78, 5) is 0. The van der Waals surface area contributed by atoms with Crippen LogP contribution in [0.25, 0.3) is 0 Å². The number of rotatable bonds is 12. The van der Waals surface area contributed by atoms with E-state index in [0.29, 0.717) is 0 Å². The van der Waals surface area contributed by atoms with Crippen LogP contribution < -0.4 is 0 Å². The Kier molecular flexibility index (Phi) is 16.4. The molecular weight excluding hydrogens is 292 g/mol. The molecule has 0 aromatic heterocycles. The average molecular weight is 317 g/mol. The Morgan fingerprint density at radius 1 is 0.812 bits per heavy atom. The molecule has 0 nitrogen and oxygen atoms in total. The second-order valence-electron chi connectivity index (χ2n) is 3.67. The van der Waals surface area contributed by atoms with Crippen LogP contribution in [0.5, 0.6) is 0 Å². The molecule has 0 aliphatic rings. The molecule has 0 saturated heterocycles. The molecule has 0 amide bonds. The molecule has 0 aromatic rings. The quantitative estimate of drug-likeness (QED) is 0.412. The van der Waals surface area contributed by atoms with Gasteiger partial charge in [-0.1, -0.05) is 6.92 Å². The summed E-state index contributed by atoms with van der Waals surface area (Å²) in [7, 11) is 0. The van der Waals surface area contributed by atoms with Crippen molar-refractivity contribution in [3.63, 3.8) is 0 Å². The lowest BCUT2D eigenvalue weighted by Crippen LogP contribution is -2.03. The molecule has 5 heteroatoms. The lowest BCUT2D eigenvalue weighted by Gasteiger charge is -2.10. The highest BCUT2D eigenvalue weighted by molar-refractivity contribution is 8.01. The highest BCUT2D eigenvalue weighted by atomic mass is 32.2. The predicted octanol–water partition coefficient (Wildman–Crippen LogP) is 4.07. The normalized spacial score (nSPS) is 12.9. The first-order valence-corrected chi connectivity index (χ1v) is 10.5. The van der Waals surface area contributed by atoms with Gasteiger partial charge in [0, 0.05) is 11.5 Å². The molecule has 0 radical (unpaired) electrons. The molecule has 98 valence electrons. The highest BCUT2D eigenvalue weighted by Gasteiger charge is 2.01. The van der Waals surface area contributed by atoms with Crippen molar-refractivity contribution in [2.24, 2.45) is 5.92 Å². The van der Waals surface area contributed by atoms with E-state index >= 15 is 0 Å². The lowest BCUT2D eigenvalue weighted by atomic mass is 10.3. The zero-order valence-corrected chi connectivity index (χ0v) is 14.3. The Balaban J connectivity index is 3.06. The standard InChI is InChI=1S/C11H24S5/c1-11(10-16-8-4-13)9-15-6-2-5-14-7-3-12/h11-13H,2-10H2,1H3. The van der Waals surface area contributed by atoms with Gasteiger partial charge in [0.2, 0.25) is 0 Å². The molecule has 0 aliphatic carbocycles. The Morgan fingerprint density at radius 3 is 1.94 bits per heavy atom. The van der Waals surface area contributed by atoms with E-state index in [1.165, 1.54) is 40.9 Å². The third-order valence-corrected chi connectivity index (χ3v) is 6.66. The van der Waals surface area contributed by atoms with Gasteiger partial charge in [-0.3, -0.25) is 0 Å². The number of thiol groups is 2. The van der Waals surface area contributed by atoms with E-state index in [1.54, 1.807) is 0 Å². The SMILES string of the molecule is CC(CSCCS)CSCCCSCCS. The zero-order valence-electron chi connectivity index (χ0n) is 10.1. The second-order valence-corrected chi connectivity index (χ2v) is 8.09. The van der Waals surface area contributed by atoms with Crippen molar-refractivity contribution in [2.75, 3.05) is 46.0 Å². The molecule has 0 rings (SSSR count). The van der Waals surface area contributed by atoms with Gasteiger partial charge in [0.05, 0.1) is 0 Å². The van der Waals surface area contributed by atoms with E-state index < -0.39 is 0 Å². The van der Waals surface area contributed by atoms with Crippen LogP contribution in [0, 0.1) is 5.92 Å². The number of hydrogen-bond acceptors (Lipinski definition) is 5. The Bertz CT molecular complexity index is 132. The first-order valence-electron chi connectivity index (χ1n) is 5.76. The van der Waals surface area contributed by atoms with Gasteiger partial charge in [-0.25, -0.2) is 0 Å². The molecule has 0 N–H and O–H groups in total. The fourth-order valence-electron chi connectivity index (χ4n) is 1.11. The third kappa shape index (κ3) is 13.8. The van der Waals surface area contributed by atoms with Crippen LogP contribution >= 0.6 is 60.5 Å². The van der Waals surface area contributed by atoms with E-state index in [1.807, 2.05) is 23.5 Å². The van der Waals surface area contributed by atoms with Gasteiger partial charge in [-0.05, 0) is 46.9 Å². The van der Waals surface area contributed by atoms with Gasteiger partial charge in [-0.2, -0.15) is 60.5 Å². The van der Waals surface area contributed by atoms with Crippen LogP contribution in [0.4, 0.5) is 0 Å². The molecule has 0 heterocycles. The summed E-state index contributed by atoms with van der Waals surface area (Å²) in [5.41, 5.74) is 0. The second kappa shape index (κ2) is 14.8. The summed E-state index contributed by atoms with van der Waals surface area (Å²) in [6.45, 7) is 2.36. The Labute approximate surface area is 125 Å². The van der Waals surface area contributed by atoms with Gasteiger partial charge in [0.25, 0.3) is 0 Å². The molecule has 0 aromatic carbocycles. The fraction of sp³-hybridized carbons (Fsp3) is 1.00. The van der Waals surface area contributed by atoms with Crippen molar-refractivity contribution >= 4 is 60.5 Å². The molecule has 16 heavy (non-hydrogen) atoms. The molecule has 0 bridgehead atoms. The fourth-order valence-corrected chi connectivity index (χ4v) is 4.75. The van der Waals surface area contributed by atoms with Crippen molar-refractivity contribution in [1.29, 1.82) is 0 Å². The predicted molar refractivity (Wildman–Crippen MR) is 93.5 cm³/mol. The van der Waals surface area contributed by atoms with Crippen molar-refractivity contribution in [3.8, 4) is 0 Å². The molecule has 0 saturated carbocycles. The Morgan fingerprint density at radius 2 is 1.31 bits per heavy atom. The smallest absolute Gasteiger partial charge is 0.00211 e. The largest absolute Gasteiger partial charge is 0.179 e. The minimum atomic E-state index is 0.847. The van der Waals surface area contributed by atoms with Crippen LogP contribution in [0.2, 0.25) is 0 Å². The third-order valence-electron chi connectivity index (χ3n) is 1.85. The Hall–Kier alpha value is 1.75. The minimum Gasteiger partial charge on any atom is -0.179 e. The topological polar surface area (TPSA) is 0 Å². The molecule has 1 unspecified atom stereocenters. The van der Waals surface area contributed by atoms with E-state index in [2.05, 4.69) is 43.9 Å². The van der Waals surface area contributed by atoms with Gasteiger partial charge in [-0.15, -0.1) is 0 Å². The summed E-state index contributed by atoms with van der Waals surface area (Å²) in [6.07, 6.45) is 1.35. The van der Waals surface area contributed by atoms with Crippen LogP contribution in [0.1, 0.15) is 13.3 Å². The lowest BCUT2D eigenvalue weighted by molar-refractivity contribution is 0.764.